The Labute approximate surface area is 122 Å². The molecule has 1 unspecified atom stereocenters. The van der Waals surface area contributed by atoms with Crippen LogP contribution in [0.25, 0.3) is 0 Å². The van der Waals surface area contributed by atoms with Gasteiger partial charge in [-0.2, -0.15) is 0 Å². The summed E-state index contributed by atoms with van der Waals surface area (Å²) in [5.74, 6) is 5.61. The van der Waals surface area contributed by atoms with Crippen molar-refractivity contribution in [3.63, 3.8) is 0 Å². The SMILES string of the molecule is NNC(c1cc(Br)ccc1Cl)c1sccc1Cl. The first kappa shape index (κ1) is 13.3. The van der Waals surface area contributed by atoms with E-state index in [-0.39, 0.29) is 6.04 Å². The highest BCUT2D eigenvalue weighted by Gasteiger charge is 2.19. The summed E-state index contributed by atoms with van der Waals surface area (Å²) in [6.45, 7) is 0. The highest BCUT2D eigenvalue weighted by molar-refractivity contribution is 9.10. The van der Waals surface area contributed by atoms with Crippen molar-refractivity contribution in [2.75, 3.05) is 0 Å². The molecule has 0 saturated carbocycles. The third kappa shape index (κ3) is 2.84. The fourth-order valence-electron chi connectivity index (χ4n) is 1.55. The number of thiophene rings is 1. The Morgan fingerprint density at radius 1 is 1.24 bits per heavy atom. The Kier molecular flexibility index (Phi) is 4.47. The first-order valence-electron chi connectivity index (χ1n) is 4.77. The second-order valence-corrected chi connectivity index (χ2v) is 6.08. The number of hydrogen-bond donors (Lipinski definition) is 2. The minimum absolute atomic E-state index is 0.201. The lowest BCUT2D eigenvalue weighted by atomic mass is 10.1. The zero-order valence-electron chi connectivity index (χ0n) is 8.58. The van der Waals surface area contributed by atoms with Crippen molar-refractivity contribution < 1.29 is 0 Å². The smallest absolute Gasteiger partial charge is 0.0832 e. The predicted molar refractivity (Wildman–Crippen MR) is 77.6 cm³/mol. The zero-order chi connectivity index (χ0) is 12.4. The van der Waals surface area contributed by atoms with Crippen LogP contribution in [0.15, 0.2) is 34.1 Å². The molecular weight excluding hydrogens is 343 g/mol. The second-order valence-electron chi connectivity index (χ2n) is 3.40. The van der Waals surface area contributed by atoms with Crippen LogP contribution >= 0.6 is 50.5 Å². The van der Waals surface area contributed by atoms with E-state index in [1.54, 1.807) is 11.3 Å². The summed E-state index contributed by atoms with van der Waals surface area (Å²) in [6, 6.07) is 7.29. The summed E-state index contributed by atoms with van der Waals surface area (Å²) in [6.07, 6.45) is 0. The number of benzene rings is 1. The number of hydrogen-bond acceptors (Lipinski definition) is 3. The average molecular weight is 352 g/mol. The van der Waals surface area contributed by atoms with Crippen LogP contribution in [0.4, 0.5) is 0 Å². The molecule has 0 aliphatic heterocycles. The first-order valence-corrected chi connectivity index (χ1v) is 7.20. The Bertz CT molecular complexity index is 530. The molecule has 0 radical (unpaired) electrons. The van der Waals surface area contributed by atoms with Gasteiger partial charge in [-0.05, 0) is 35.2 Å². The largest absolute Gasteiger partial charge is 0.271 e. The first-order chi connectivity index (χ1) is 8.13. The summed E-state index contributed by atoms with van der Waals surface area (Å²) in [5.41, 5.74) is 3.65. The van der Waals surface area contributed by atoms with Crippen LogP contribution in [0.5, 0.6) is 0 Å². The van der Waals surface area contributed by atoms with Crippen molar-refractivity contribution in [2.24, 2.45) is 5.84 Å². The standard InChI is InChI=1S/C11H9BrCl2N2S/c12-6-1-2-8(13)7(5-6)10(16-15)11-9(14)3-4-17-11/h1-5,10,16H,15H2. The van der Waals surface area contributed by atoms with Gasteiger partial charge in [0.25, 0.3) is 0 Å². The summed E-state index contributed by atoms with van der Waals surface area (Å²) in [7, 11) is 0. The summed E-state index contributed by atoms with van der Waals surface area (Å²) in [4.78, 5) is 0.953. The molecule has 0 amide bonds. The lowest BCUT2D eigenvalue weighted by Gasteiger charge is -2.17. The van der Waals surface area contributed by atoms with Gasteiger partial charge in [0.05, 0.1) is 11.1 Å². The highest BCUT2D eigenvalue weighted by Crippen LogP contribution is 2.36. The van der Waals surface area contributed by atoms with E-state index in [0.29, 0.717) is 10.0 Å². The number of nitrogens with two attached hydrogens (primary N) is 1. The van der Waals surface area contributed by atoms with Gasteiger partial charge >= 0.3 is 0 Å². The normalized spacial score (nSPS) is 12.7. The molecule has 0 spiro atoms. The molecule has 1 aromatic heterocycles. The van der Waals surface area contributed by atoms with Gasteiger partial charge in [0.15, 0.2) is 0 Å². The number of rotatable bonds is 3. The van der Waals surface area contributed by atoms with Crippen LogP contribution in [0.1, 0.15) is 16.5 Å². The van der Waals surface area contributed by atoms with Gasteiger partial charge in [-0.15, -0.1) is 11.3 Å². The van der Waals surface area contributed by atoms with Crippen LogP contribution in [0.3, 0.4) is 0 Å². The Balaban J connectivity index is 2.49. The van der Waals surface area contributed by atoms with Gasteiger partial charge in [-0.1, -0.05) is 39.1 Å². The molecule has 3 N–H and O–H groups in total. The molecule has 0 aliphatic carbocycles. The molecule has 1 atom stereocenters. The minimum Gasteiger partial charge on any atom is -0.271 e. The van der Waals surface area contributed by atoms with E-state index in [2.05, 4.69) is 21.4 Å². The Morgan fingerprint density at radius 2 is 2.00 bits per heavy atom. The fourth-order valence-corrected chi connectivity index (χ4v) is 3.40. The third-order valence-electron chi connectivity index (χ3n) is 2.34. The molecule has 0 saturated heterocycles. The molecule has 2 rings (SSSR count). The quantitative estimate of drug-likeness (QED) is 0.636. The molecule has 6 heteroatoms. The third-order valence-corrected chi connectivity index (χ3v) is 4.60. The molecule has 0 fully saturated rings. The monoisotopic (exact) mass is 350 g/mol. The van der Waals surface area contributed by atoms with Crippen molar-refractivity contribution in [3.8, 4) is 0 Å². The minimum atomic E-state index is -0.201. The number of halogens is 3. The van der Waals surface area contributed by atoms with Crippen LogP contribution in [-0.2, 0) is 0 Å². The van der Waals surface area contributed by atoms with Crippen LogP contribution in [0, 0.1) is 0 Å². The Hall–Kier alpha value is -0.100. The molecule has 90 valence electrons. The van der Waals surface area contributed by atoms with E-state index >= 15 is 0 Å². The van der Waals surface area contributed by atoms with Gasteiger partial charge in [-0.3, -0.25) is 5.84 Å². The lowest BCUT2D eigenvalue weighted by molar-refractivity contribution is 0.646. The topological polar surface area (TPSA) is 38.0 Å². The molecule has 0 bridgehead atoms. The van der Waals surface area contributed by atoms with E-state index in [0.717, 1.165) is 14.9 Å². The van der Waals surface area contributed by atoms with E-state index in [1.165, 1.54) is 0 Å². The summed E-state index contributed by atoms with van der Waals surface area (Å²) >= 11 is 17.3. The van der Waals surface area contributed by atoms with Gasteiger partial charge in [0, 0.05) is 14.4 Å². The van der Waals surface area contributed by atoms with Crippen molar-refractivity contribution in [1.29, 1.82) is 0 Å². The van der Waals surface area contributed by atoms with E-state index < -0.39 is 0 Å². The van der Waals surface area contributed by atoms with Gasteiger partial charge in [-0.25, -0.2) is 5.43 Å². The molecule has 1 aromatic carbocycles. The molecule has 1 heterocycles. The average Bonchev–Trinajstić information content (AvgIpc) is 2.71. The maximum absolute atomic E-state index is 6.18. The molecule has 2 nitrogen and oxygen atoms in total. The van der Waals surface area contributed by atoms with E-state index in [1.807, 2.05) is 29.6 Å². The van der Waals surface area contributed by atoms with Crippen LogP contribution < -0.4 is 11.3 Å². The fraction of sp³-hybridized carbons (Fsp3) is 0.0909. The van der Waals surface area contributed by atoms with Gasteiger partial charge in [0.1, 0.15) is 0 Å². The lowest BCUT2D eigenvalue weighted by Crippen LogP contribution is -2.28. The van der Waals surface area contributed by atoms with E-state index in [4.69, 9.17) is 29.0 Å². The van der Waals surface area contributed by atoms with Gasteiger partial charge in [0.2, 0.25) is 0 Å². The highest BCUT2D eigenvalue weighted by atomic mass is 79.9. The zero-order valence-corrected chi connectivity index (χ0v) is 12.5. The van der Waals surface area contributed by atoms with Gasteiger partial charge < -0.3 is 0 Å². The van der Waals surface area contributed by atoms with Crippen molar-refractivity contribution in [2.45, 2.75) is 6.04 Å². The Morgan fingerprint density at radius 3 is 2.59 bits per heavy atom. The van der Waals surface area contributed by atoms with Crippen LogP contribution in [0.2, 0.25) is 10.0 Å². The second kappa shape index (κ2) is 5.69. The van der Waals surface area contributed by atoms with E-state index in [9.17, 15) is 0 Å². The van der Waals surface area contributed by atoms with Crippen molar-refractivity contribution in [1.82, 2.24) is 5.43 Å². The number of nitrogens with one attached hydrogen (secondary N) is 1. The van der Waals surface area contributed by atoms with Crippen molar-refractivity contribution >= 4 is 50.5 Å². The maximum Gasteiger partial charge on any atom is 0.0832 e. The summed E-state index contributed by atoms with van der Waals surface area (Å²) in [5, 5.41) is 3.27. The predicted octanol–water partition coefficient (Wildman–Crippen LogP) is 4.37. The maximum atomic E-state index is 6.18. The molecular formula is C11H9BrCl2N2S. The number of hydrazine groups is 1. The molecule has 17 heavy (non-hydrogen) atoms. The molecule has 0 aliphatic rings. The van der Waals surface area contributed by atoms with Crippen molar-refractivity contribution in [3.05, 3.63) is 54.6 Å². The summed E-state index contributed by atoms with van der Waals surface area (Å²) < 4.78 is 0.949. The molecule has 2 aromatic rings. The van der Waals surface area contributed by atoms with Crippen LogP contribution in [-0.4, -0.2) is 0 Å².